The lowest BCUT2D eigenvalue weighted by Crippen LogP contribution is -2.10. The zero-order valence-electron chi connectivity index (χ0n) is 9.34. The van der Waals surface area contributed by atoms with E-state index in [-0.39, 0.29) is 12.3 Å². The Labute approximate surface area is 110 Å². The molecule has 2 rings (SSSR count). The Bertz CT molecular complexity index is 591. The van der Waals surface area contributed by atoms with E-state index in [1.165, 1.54) is 28.9 Å². The number of nitrogens with one attached hydrogen (secondary N) is 1. The van der Waals surface area contributed by atoms with Crippen LogP contribution in [0.2, 0.25) is 0 Å². The van der Waals surface area contributed by atoms with E-state index in [1.54, 1.807) is 5.38 Å². The lowest BCUT2D eigenvalue weighted by Gasteiger charge is -1.96. The first kappa shape index (κ1) is 12.7. The van der Waals surface area contributed by atoms with Gasteiger partial charge in [0.05, 0.1) is 23.3 Å². The second-order valence-electron chi connectivity index (χ2n) is 3.41. The van der Waals surface area contributed by atoms with Gasteiger partial charge in [-0.1, -0.05) is 0 Å². The number of nitrogens with zero attached hydrogens (tertiary/aromatic N) is 2. The van der Waals surface area contributed by atoms with Gasteiger partial charge in [-0.05, 0) is 6.92 Å². The third-order valence-corrected chi connectivity index (χ3v) is 3.67. The zero-order chi connectivity index (χ0) is 13.1. The standard InChI is InChI=1S/C10H9N3O3S2/c1-5-11-3-7(18-5)9(16)13-10-12-6(4-17-10)2-8(14)15/h3-4H,2H2,1H3,(H,14,15)(H,12,13,16). The molecule has 94 valence electrons. The number of aromatic nitrogens is 2. The smallest absolute Gasteiger partial charge is 0.309 e. The summed E-state index contributed by atoms with van der Waals surface area (Å²) < 4.78 is 0. The lowest BCUT2D eigenvalue weighted by molar-refractivity contribution is -0.136. The van der Waals surface area contributed by atoms with Crippen LogP contribution in [0.25, 0.3) is 0 Å². The zero-order valence-corrected chi connectivity index (χ0v) is 11.0. The summed E-state index contributed by atoms with van der Waals surface area (Å²) in [6.07, 6.45) is 1.35. The number of carbonyl (C=O) groups is 2. The molecule has 0 radical (unpaired) electrons. The first-order valence-electron chi connectivity index (χ1n) is 4.94. The molecule has 0 saturated heterocycles. The Balaban J connectivity index is 2.03. The Morgan fingerprint density at radius 2 is 2.28 bits per heavy atom. The molecule has 8 heteroatoms. The molecule has 0 unspecified atom stereocenters. The molecular formula is C10H9N3O3S2. The predicted molar refractivity (Wildman–Crippen MR) is 68.3 cm³/mol. The van der Waals surface area contributed by atoms with Gasteiger partial charge in [0.15, 0.2) is 5.13 Å². The average Bonchev–Trinajstić information content (AvgIpc) is 2.87. The van der Waals surface area contributed by atoms with Crippen molar-refractivity contribution in [3.05, 3.63) is 27.2 Å². The first-order valence-corrected chi connectivity index (χ1v) is 6.64. The molecule has 6 nitrogen and oxygen atoms in total. The summed E-state index contributed by atoms with van der Waals surface area (Å²) in [5.74, 6) is -1.23. The maximum absolute atomic E-state index is 11.8. The molecule has 2 aromatic heterocycles. The largest absolute Gasteiger partial charge is 0.481 e. The topological polar surface area (TPSA) is 92.2 Å². The minimum Gasteiger partial charge on any atom is -0.481 e. The summed E-state index contributed by atoms with van der Waals surface area (Å²) in [5, 5.41) is 14.0. The highest BCUT2D eigenvalue weighted by molar-refractivity contribution is 7.15. The number of carboxylic acid groups (broad SMARTS) is 1. The number of aliphatic carboxylic acids is 1. The molecule has 1 amide bonds. The first-order chi connectivity index (χ1) is 8.54. The van der Waals surface area contributed by atoms with E-state index in [4.69, 9.17) is 5.11 Å². The van der Waals surface area contributed by atoms with Crippen molar-refractivity contribution in [1.82, 2.24) is 9.97 Å². The van der Waals surface area contributed by atoms with Crippen LogP contribution in [0.5, 0.6) is 0 Å². The quantitative estimate of drug-likeness (QED) is 0.892. The minimum atomic E-state index is -0.948. The molecule has 0 aliphatic heterocycles. The Morgan fingerprint density at radius 1 is 1.50 bits per heavy atom. The van der Waals surface area contributed by atoms with Crippen molar-refractivity contribution in [2.75, 3.05) is 5.32 Å². The highest BCUT2D eigenvalue weighted by Crippen LogP contribution is 2.18. The van der Waals surface area contributed by atoms with Gasteiger partial charge in [0, 0.05) is 5.38 Å². The lowest BCUT2D eigenvalue weighted by atomic mass is 10.3. The summed E-state index contributed by atoms with van der Waals surface area (Å²) in [6, 6.07) is 0. The van der Waals surface area contributed by atoms with Gasteiger partial charge < -0.3 is 5.11 Å². The van der Waals surface area contributed by atoms with Crippen LogP contribution in [0.1, 0.15) is 20.4 Å². The molecule has 0 fully saturated rings. The van der Waals surface area contributed by atoms with Crippen molar-refractivity contribution in [2.24, 2.45) is 0 Å². The molecule has 2 heterocycles. The van der Waals surface area contributed by atoms with Crippen molar-refractivity contribution in [2.45, 2.75) is 13.3 Å². The number of anilines is 1. The van der Waals surface area contributed by atoms with E-state index in [9.17, 15) is 9.59 Å². The second kappa shape index (κ2) is 5.23. The molecule has 0 spiro atoms. The van der Waals surface area contributed by atoms with E-state index < -0.39 is 5.97 Å². The van der Waals surface area contributed by atoms with Crippen molar-refractivity contribution in [3.8, 4) is 0 Å². The summed E-state index contributed by atoms with van der Waals surface area (Å²) in [7, 11) is 0. The van der Waals surface area contributed by atoms with Crippen LogP contribution in [-0.2, 0) is 11.2 Å². The number of carboxylic acids is 1. The Kier molecular flexibility index (Phi) is 3.68. The highest BCUT2D eigenvalue weighted by Gasteiger charge is 2.12. The monoisotopic (exact) mass is 283 g/mol. The normalized spacial score (nSPS) is 10.3. The van der Waals surface area contributed by atoms with Gasteiger partial charge in [-0.25, -0.2) is 9.97 Å². The maximum atomic E-state index is 11.8. The van der Waals surface area contributed by atoms with Crippen molar-refractivity contribution >= 4 is 39.7 Å². The van der Waals surface area contributed by atoms with Crippen LogP contribution in [0, 0.1) is 6.92 Å². The van der Waals surface area contributed by atoms with Gasteiger partial charge in [0.1, 0.15) is 4.88 Å². The van der Waals surface area contributed by atoms with Crippen molar-refractivity contribution in [3.63, 3.8) is 0 Å². The number of hydrogen-bond donors (Lipinski definition) is 2. The van der Waals surface area contributed by atoms with Crippen LogP contribution in [0.4, 0.5) is 5.13 Å². The third-order valence-electron chi connectivity index (χ3n) is 1.95. The molecule has 0 saturated carbocycles. The average molecular weight is 283 g/mol. The predicted octanol–water partition coefficient (Wildman–Crippen LogP) is 1.79. The van der Waals surface area contributed by atoms with E-state index in [0.717, 1.165) is 5.01 Å². The number of aryl methyl sites for hydroxylation is 1. The molecule has 0 aliphatic carbocycles. The second-order valence-corrected chi connectivity index (χ2v) is 5.51. The van der Waals surface area contributed by atoms with Gasteiger partial charge in [-0.2, -0.15) is 0 Å². The molecule has 0 aliphatic rings. The van der Waals surface area contributed by atoms with E-state index in [0.29, 0.717) is 15.7 Å². The fourth-order valence-electron chi connectivity index (χ4n) is 1.23. The number of amides is 1. The van der Waals surface area contributed by atoms with Crippen LogP contribution in [0.3, 0.4) is 0 Å². The van der Waals surface area contributed by atoms with Gasteiger partial charge in [0.25, 0.3) is 5.91 Å². The molecule has 18 heavy (non-hydrogen) atoms. The van der Waals surface area contributed by atoms with Crippen molar-refractivity contribution in [1.29, 1.82) is 0 Å². The molecule has 2 N–H and O–H groups in total. The molecule has 0 bridgehead atoms. The summed E-state index contributed by atoms with van der Waals surface area (Å²) in [5.41, 5.74) is 0.434. The summed E-state index contributed by atoms with van der Waals surface area (Å²) >= 11 is 2.49. The van der Waals surface area contributed by atoms with E-state index >= 15 is 0 Å². The fraction of sp³-hybridized carbons (Fsp3) is 0.200. The van der Waals surface area contributed by atoms with Crippen molar-refractivity contribution < 1.29 is 14.7 Å². The Morgan fingerprint density at radius 3 is 2.89 bits per heavy atom. The molecule has 0 atom stereocenters. The van der Waals surface area contributed by atoms with Crippen LogP contribution < -0.4 is 5.32 Å². The molecule has 0 aromatic carbocycles. The van der Waals surface area contributed by atoms with Gasteiger partial charge in [-0.3, -0.25) is 14.9 Å². The van der Waals surface area contributed by atoms with E-state index in [2.05, 4.69) is 15.3 Å². The van der Waals surface area contributed by atoms with Crippen LogP contribution in [-0.4, -0.2) is 27.0 Å². The number of hydrogen-bond acceptors (Lipinski definition) is 6. The van der Waals surface area contributed by atoms with Crippen LogP contribution in [0.15, 0.2) is 11.6 Å². The molecular weight excluding hydrogens is 274 g/mol. The third kappa shape index (κ3) is 3.11. The number of thiazole rings is 2. The Hall–Kier alpha value is -1.80. The number of rotatable bonds is 4. The van der Waals surface area contributed by atoms with Gasteiger partial charge >= 0.3 is 5.97 Å². The summed E-state index contributed by atoms with van der Waals surface area (Å²) in [4.78, 5) is 30.8. The minimum absolute atomic E-state index is 0.147. The highest BCUT2D eigenvalue weighted by atomic mass is 32.1. The SMILES string of the molecule is Cc1ncc(C(=O)Nc2nc(CC(=O)O)cs2)s1. The summed E-state index contributed by atoms with van der Waals surface area (Å²) in [6.45, 7) is 1.82. The van der Waals surface area contributed by atoms with Crippen LogP contribution >= 0.6 is 22.7 Å². The molecule has 2 aromatic rings. The maximum Gasteiger partial charge on any atom is 0.309 e. The number of carbonyl (C=O) groups excluding carboxylic acids is 1. The van der Waals surface area contributed by atoms with Gasteiger partial charge in [-0.15, -0.1) is 22.7 Å². The van der Waals surface area contributed by atoms with E-state index in [1.807, 2.05) is 6.92 Å². The van der Waals surface area contributed by atoms with Gasteiger partial charge in [0.2, 0.25) is 0 Å². The fourth-order valence-corrected chi connectivity index (χ4v) is 2.60.